The predicted molar refractivity (Wildman–Crippen MR) is 67.1 cm³/mol. The molecule has 1 amide bonds. The van der Waals surface area contributed by atoms with Crippen LogP contribution in [0.4, 0.5) is 4.79 Å². The fourth-order valence-corrected chi connectivity index (χ4v) is 3.26. The van der Waals surface area contributed by atoms with Crippen LogP contribution in [0.1, 0.15) is 20.8 Å². The van der Waals surface area contributed by atoms with Crippen LogP contribution in [0.25, 0.3) is 0 Å². The van der Waals surface area contributed by atoms with Gasteiger partial charge in [0.15, 0.2) is 0 Å². The molecule has 6 nitrogen and oxygen atoms in total. The van der Waals surface area contributed by atoms with Gasteiger partial charge < -0.3 is 14.8 Å². The topological polar surface area (TPSA) is 81.7 Å². The van der Waals surface area contributed by atoms with Crippen molar-refractivity contribution in [2.75, 3.05) is 25.5 Å². The molecule has 0 atom stereocenters. The van der Waals surface area contributed by atoms with E-state index >= 15 is 0 Å². The highest BCUT2D eigenvalue weighted by Gasteiger charge is 2.42. The number of hydrogen-bond donors (Lipinski definition) is 1. The Hall–Kier alpha value is -0.530. The standard InChI is InChI=1S/C10H18ClNO5S/c1-9(2,3)17-8(13)12-4-10(5-16-6-10)7-18(11,14)15/h4-7H2,1-3H3,(H,12,13). The summed E-state index contributed by atoms with van der Waals surface area (Å²) in [5.74, 6) is -0.225. The number of amides is 1. The Balaban J connectivity index is 2.48. The summed E-state index contributed by atoms with van der Waals surface area (Å²) in [5, 5.41) is 2.54. The highest BCUT2D eigenvalue weighted by Crippen LogP contribution is 2.29. The van der Waals surface area contributed by atoms with Crippen molar-refractivity contribution >= 4 is 25.8 Å². The van der Waals surface area contributed by atoms with Crippen molar-refractivity contribution in [2.45, 2.75) is 26.4 Å². The maximum atomic E-state index is 11.5. The van der Waals surface area contributed by atoms with E-state index in [0.29, 0.717) is 0 Å². The normalized spacial score (nSPS) is 18.9. The quantitative estimate of drug-likeness (QED) is 0.786. The van der Waals surface area contributed by atoms with Crippen LogP contribution < -0.4 is 5.32 Å². The van der Waals surface area contributed by atoms with Crippen LogP contribution in [0.5, 0.6) is 0 Å². The van der Waals surface area contributed by atoms with Crippen molar-refractivity contribution in [3.63, 3.8) is 0 Å². The molecule has 1 aliphatic rings. The summed E-state index contributed by atoms with van der Waals surface area (Å²) in [6, 6.07) is 0. The van der Waals surface area contributed by atoms with E-state index in [1.54, 1.807) is 20.8 Å². The molecule has 0 aliphatic carbocycles. The Morgan fingerprint density at radius 1 is 1.44 bits per heavy atom. The molecule has 1 N–H and O–H groups in total. The highest BCUT2D eigenvalue weighted by molar-refractivity contribution is 8.13. The lowest BCUT2D eigenvalue weighted by Crippen LogP contribution is -2.54. The average Bonchev–Trinajstić information content (AvgIpc) is 2.04. The van der Waals surface area contributed by atoms with Crippen LogP contribution in [-0.4, -0.2) is 45.6 Å². The van der Waals surface area contributed by atoms with Crippen molar-refractivity contribution in [1.29, 1.82) is 0 Å². The molecule has 1 saturated heterocycles. The van der Waals surface area contributed by atoms with Gasteiger partial charge in [-0.3, -0.25) is 0 Å². The zero-order valence-corrected chi connectivity index (χ0v) is 12.2. The van der Waals surface area contributed by atoms with E-state index in [2.05, 4.69) is 5.32 Å². The van der Waals surface area contributed by atoms with Gasteiger partial charge in [0.2, 0.25) is 9.05 Å². The molecule has 8 heteroatoms. The van der Waals surface area contributed by atoms with Gasteiger partial charge in [0.25, 0.3) is 0 Å². The average molecular weight is 300 g/mol. The summed E-state index contributed by atoms with van der Waals surface area (Å²) in [6.45, 7) is 5.92. The van der Waals surface area contributed by atoms with Crippen molar-refractivity contribution < 1.29 is 22.7 Å². The van der Waals surface area contributed by atoms with Crippen LogP contribution in [0.15, 0.2) is 0 Å². The van der Waals surface area contributed by atoms with E-state index < -0.39 is 26.2 Å². The maximum absolute atomic E-state index is 11.5. The van der Waals surface area contributed by atoms with E-state index in [1.165, 1.54) is 0 Å². The molecule has 106 valence electrons. The number of rotatable bonds is 4. The highest BCUT2D eigenvalue weighted by atomic mass is 35.7. The van der Waals surface area contributed by atoms with E-state index in [1.807, 2.05) is 0 Å². The summed E-state index contributed by atoms with van der Waals surface area (Å²) in [4.78, 5) is 11.5. The first-order valence-corrected chi connectivity index (χ1v) is 7.96. The van der Waals surface area contributed by atoms with Gasteiger partial charge in [-0.1, -0.05) is 0 Å². The number of halogens is 1. The minimum atomic E-state index is -3.63. The van der Waals surface area contributed by atoms with Gasteiger partial charge in [-0.25, -0.2) is 13.2 Å². The lowest BCUT2D eigenvalue weighted by atomic mass is 9.88. The SMILES string of the molecule is CC(C)(C)OC(=O)NCC1(CS(=O)(=O)Cl)COC1. The molecule has 0 unspecified atom stereocenters. The molecule has 1 aliphatic heterocycles. The molecular weight excluding hydrogens is 282 g/mol. The summed E-state index contributed by atoms with van der Waals surface area (Å²) < 4.78 is 32.2. The second-order valence-corrected chi connectivity index (χ2v) is 8.31. The number of carbonyl (C=O) groups is 1. The fraction of sp³-hybridized carbons (Fsp3) is 0.900. The van der Waals surface area contributed by atoms with Crippen LogP contribution in [0.2, 0.25) is 0 Å². The van der Waals surface area contributed by atoms with Gasteiger partial charge in [0, 0.05) is 22.6 Å². The van der Waals surface area contributed by atoms with Crippen LogP contribution in [0, 0.1) is 5.41 Å². The molecule has 0 aromatic rings. The molecule has 0 spiro atoms. The Bertz CT molecular complexity index is 410. The van der Waals surface area contributed by atoms with Gasteiger partial charge in [-0.2, -0.15) is 0 Å². The van der Waals surface area contributed by atoms with Crippen LogP contribution in [-0.2, 0) is 18.5 Å². The first kappa shape index (κ1) is 15.5. The Kier molecular flexibility index (Phi) is 4.51. The number of hydrogen-bond acceptors (Lipinski definition) is 5. The molecule has 0 bridgehead atoms. The molecule has 0 aromatic heterocycles. The minimum absolute atomic E-state index is 0.161. The summed E-state index contributed by atoms with van der Waals surface area (Å²) in [7, 11) is 1.60. The third kappa shape index (κ3) is 5.41. The summed E-state index contributed by atoms with van der Waals surface area (Å²) in [5.41, 5.74) is -1.23. The third-order valence-corrected chi connectivity index (χ3v) is 3.59. The smallest absolute Gasteiger partial charge is 0.407 e. The third-order valence-electron chi connectivity index (χ3n) is 2.30. The Morgan fingerprint density at radius 3 is 2.33 bits per heavy atom. The molecular formula is C10H18ClNO5S. The van der Waals surface area contributed by atoms with E-state index in [9.17, 15) is 13.2 Å². The second-order valence-electron chi connectivity index (χ2n) is 5.53. The number of ether oxygens (including phenoxy) is 2. The minimum Gasteiger partial charge on any atom is -0.444 e. The van der Waals surface area contributed by atoms with Gasteiger partial charge in [0.1, 0.15) is 5.60 Å². The van der Waals surface area contributed by atoms with Crippen LogP contribution in [0.3, 0.4) is 0 Å². The van der Waals surface area contributed by atoms with E-state index in [0.717, 1.165) is 0 Å². The molecule has 1 fully saturated rings. The predicted octanol–water partition coefficient (Wildman–Crippen LogP) is 1.10. The van der Waals surface area contributed by atoms with Crippen LogP contribution >= 0.6 is 10.7 Å². The molecule has 0 saturated carbocycles. The summed E-state index contributed by atoms with van der Waals surface area (Å²) >= 11 is 0. The van der Waals surface area contributed by atoms with E-state index in [-0.39, 0.29) is 25.5 Å². The van der Waals surface area contributed by atoms with Gasteiger partial charge in [-0.15, -0.1) is 0 Å². The van der Waals surface area contributed by atoms with E-state index in [4.69, 9.17) is 20.2 Å². The zero-order valence-electron chi connectivity index (χ0n) is 10.7. The van der Waals surface area contributed by atoms with Crippen molar-refractivity contribution in [1.82, 2.24) is 5.32 Å². The number of nitrogens with one attached hydrogen (secondary N) is 1. The van der Waals surface area contributed by atoms with Gasteiger partial charge in [-0.05, 0) is 20.8 Å². The Morgan fingerprint density at radius 2 is 2.00 bits per heavy atom. The Labute approximate surface area is 111 Å². The maximum Gasteiger partial charge on any atom is 0.407 e. The van der Waals surface area contributed by atoms with Crippen molar-refractivity contribution in [2.24, 2.45) is 5.41 Å². The largest absolute Gasteiger partial charge is 0.444 e. The fourth-order valence-electron chi connectivity index (χ4n) is 1.57. The first-order valence-electron chi connectivity index (χ1n) is 5.48. The summed E-state index contributed by atoms with van der Waals surface area (Å²) in [6.07, 6.45) is -0.583. The number of carbonyl (C=O) groups excluding carboxylic acids is 1. The molecule has 0 radical (unpaired) electrons. The number of alkyl carbamates (subject to hydrolysis) is 1. The molecule has 18 heavy (non-hydrogen) atoms. The van der Waals surface area contributed by atoms with Crippen molar-refractivity contribution in [3.8, 4) is 0 Å². The molecule has 0 aromatic carbocycles. The monoisotopic (exact) mass is 299 g/mol. The van der Waals surface area contributed by atoms with Crippen molar-refractivity contribution in [3.05, 3.63) is 0 Å². The van der Waals surface area contributed by atoms with Gasteiger partial charge in [0.05, 0.1) is 19.0 Å². The second kappa shape index (κ2) is 5.22. The lowest BCUT2D eigenvalue weighted by molar-refractivity contribution is -0.0964. The lowest BCUT2D eigenvalue weighted by Gasteiger charge is -2.40. The molecule has 1 rings (SSSR count). The van der Waals surface area contributed by atoms with Gasteiger partial charge >= 0.3 is 6.09 Å². The zero-order chi connectivity index (χ0) is 14.0. The molecule has 1 heterocycles. The first-order chi connectivity index (χ1) is 8.02.